The van der Waals surface area contributed by atoms with Crippen LogP contribution in [-0.2, 0) is 4.79 Å². The number of benzene rings is 1. The highest BCUT2D eigenvalue weighted by Crippen LogP contribution is 2.27. The van der Waals surface area contributed by atoms with Crippen molar-refractivity contribution in [2.45, 2.75) is 18.9 Å². The van der Waals surface area contributed by atoms with Crippen LogP contribution in [0.25, 0.3) is 0 Å². The summed E-state index contributed by atoms with van der Waals surface area (Å²) in [5.41, 5.74) is 1.64. The van der Waals surface area contributed by atoms with Crippen LogP contribution in [0.4, 0.5) is 16.2 Å². The smallest absolute Gasteiger partial charge is 0.323 e. The van der Waals surface area contributed by atoms with Crippen molar-refractivity contribution >= 4 is 23.4 Å². The lowest BCUT2D eigenvalue weighted by atomic mass is 10.2. The molecular formula is C14H19N3O3. The molecule has 0 aliphatic heterocycles. The zero-order valence-electron chi connectivity index (χ0n) is 11.7. The van der Waals surface area contributed by atoms with E-state index < -0.39 is 5.97 Å². The number of amides is 2. The summed E-state index contributed by atoms with van der Waals surface area (Å²) >= 11 is 0. The lowest BCUT2D eigenvalue weighted by Gasteiger charge is -2.21. The fraction of sp³-hybridized carbons (Fsp3) is 0.429. The number of carboxylic acids is 1. The van der Waals surface area contributed by atoms with Gasteiger partial charge in [-0.1, -0.05) is 6.07 Å². The van der Waals surface area contributed by atoms with Crippen molar-refractivity contribution in [1.82, 2.24) is 4.90 Å². The standard InChI is InChI=1S/C14H19N3O3/c1-16(2)12-5-3-4-10(8-12)15-14(20)17(9-13(18)19)11-6-7-11/h3-5,8,11H,6-7,9H2,1-2H3,(H,15,20)(H,18,19). The Labute approximate surface area is 118 Å². The molecule has 2 rings (SSSR count). The Kier molecular flexibility index (Phi) is 4.12. The van der Waals surface area contributed by atoms with Crippen molar-refractivity contribution in [2.24, 2.45) is 0 Å². The Hall–Kier alpha value is -2.24. The second kappa shape index (κ2) is 5.81. The van der Waals surface area contributed by atoms with E-state index in [1.165, 1.54) is 4.90 Å². The molecule has 0 atom stereocenters. The first-order valence-corrected chi connectivity index (χ1v) is 6.54. The molecule has 0 bridgehead atoms. The molecule has 0 unspecified atom stereocenters. The van der Waals surface area contributed by atoms with Gasteiger partial charge in [-0.3, -0.25) is 4.79 Å². The summed E-state index contributed by atoms with van der Waals surface area (Å²) in [5, 5.41) is 11.6. The van der Waals surface area contributed by atoms with E-state index in [0.29, 0.717) is 5.69 Å². The molecule has 1 aliphatic carbocycles. The van der Waals surface area contributed by atoms with Gasteiger partial charge in [0.05, 0.1) is 0 Å². The van der Waals surface area contributed by atoms with Crippen LogP contribution >= 0.6 is 0 Å². The number of nitrogens with zero attached hydrogens (tertiary/aromatic N) is 2. The highest BCUT2D eigenvalue weighted by molar-refractivity contribution is 5.92. The third-order valence-corrected chi connectivity index (χ3v) is 3.17. The Morgan fingerprint density at radius 3 is 2.60 bits per heavy atom. The highest BCUT2D eigenvalue weighted by atomic mass is 16.4. The van der Waals surface area contributed by atoms with Crippen molar-refractivity contribution in [3.05, 3.63) is 24.3 Å². The maximum Gasteiger partial charge on any atom is 0.323 e. The topological polar surface area (TPSA) is 72.9 Å². The number of hydrogen-bond donors (Lipinski definition) is 2. The average molecular weight is 277 g/mol. The first kappa shape index (κ1) is 14.2. The molecule has 1 saturated carbocycles. The number of hydrogen-bond acceptors (Lipinski definition) is 3. The summed E-state index contributed by atoms with van der Waals surface area (Å²) in [5.74, 6) is -0.992. The van der Waals surface area contributed by atoms with Crippen LogP contribution in [0.1, 0.15) is 12.8 Å². The largest absolute Gasteiger partial charge is 0.480 e. The monoisotopic (exact) mass is 277 g/mol. The van der Waals surface area contributed by atoms with E-state index in [0.717, 1.165) is 18.5 Å². The minimum atomic E-state index is -0.992. The predicted octanol–water partition coefficient (Wildman–Crippen LogP) is 1.83. The van der Waals surface area contributed by atoms with Crippen molar-refractivity contribution in [3.8, 4) is 0 Å². The van der Waals surface area contributed by atoms with Crippen molar-refractivity contribution in [2.75, 3.05) is 30.9 Å². The third kappa shape index (κ3) is 3.63. The fourth-order valence-electron chi connectivity index (χ4n) is 1.96. The molecule has 0 saturated heterocycles. The summed E-state index contributed by atoms with van der Waals surface area (Å²) in [6.07, 6.45) is 1.75. The van der Waals surface area contributed by atoms with E-state index in [-0.39, 0.29) is 18.6 Å². The number of rotatable bonds is 5. The van der Waals surface area contributed by atoms with E-state index >= 15 is 0 Å². The average Bonchev–Trinajstić information content (AvgIpc) is 3.20. The van der Waals surface area contributed by atoms with Gasteiger partial charge >= 0.3 is 12.0 Å². The van der Waals surface area contributed by atoms with Gasteiger partial charge in [0.1, 0.15) is 6.54 Å². The van der Waals surface area contributed by atoms with Gasteiger partial charge in [-0.15, -0.1) is 0 Å². The number of anilines is 2. The van der Waals surface area contributed by atoms with Crippen LogP contribution < -0.4 is 10.2 Å². The van der Waals surface area contributed by atoms with E-state index in [2.05, 4.69) is 5.32 Å². The van der Waals surface area contributed by atoms with Gasteiger partial charge in [0.15, 0.2) is 0 Å². The van der Waals surface area contributed by atoms with E-state index in [4.69, 9.17) is 5.11 Å². The van der Waals surface area contributed by atoms with Gasteiger partial charge in [0.2, 0.25) is 0 Å². The maximum absolute atomic E-state index is 12.1. The number of carbonyl (C=O) groups is 2. The van der Waals surface area contributed by atoms with E-state index in [1.807, 2.05) is 37.2 Å². The van der Waals surface area contributed by atoms with Gasteiger partial charge in [0, 0.05) is 31.5 Å². The van der Waals surface area contributed by atoms with Crippen LogP contribution in [-0.4, -0.2) is 48.7 Å². The van der Waals surface area contributed by atoms with Gasteiger partial charge in [-0.25, -0.2) is 4.79 Å². The van der Waals surface area contributed by atoms with Crippen LogP contribution in [0, 0.1) is 0 Å². The molecule has 2 amide bonds. The van der Waals surface area contributed by atoms with E-state index in [1.54, 1.807) is 6.07 Å². The number of carbonyl (C=O) groups excluding carboxylic acids is 1. The summed E-state index contributed by atoms with van der Waals surface area (Å²) in [4.78, 5) is 26.3. The molecular weight excluding hydrogens is 258 g/mol. The maximum atomic E-state index is 12.1. The second-order valence-electron chi connectivity index (χ2n) is 5.13. The molecule has 0 heterocycles. The van der Waals surface area contributed by atoms with Gasteiger partial charge in [-0.05, 0) is 31.0 Å². The lowest BCUT2D eigenvalue weighted by molar-refractivity contribution is -0.137. The Morgan fingerprint density at radius 1 is 1.35 bits per heavy atom. The molecule has 1 fully saturated rings. The number of carboxylic acid groups (broad SMARTS) is 1. The first-order valence-electron chi connectivity index (χ1n) is 6.54. The Morgan fingerprint density at radius 2 is 2.05 bits per heavy atom. The Balaban J connectivity index is 2.05. The minimum absolute atomic E-state index is 0.0585. The molecule has 0 radical (unpaired) electrons. The summed E-state index contributed by atoms with van der Waals surface area (Å²) < 4.78 is 0. The van der Waals surface area contributed by atoms with Crippen LogP contribution in [0.15, 0.2) is 24.3 Å². The van der Waals surface area contributed by atoms with Crippen molar-refractivity contribution in [1.29, 1.82) is 0 Å². The molecule has 1 aromatic rings. The Bertz CT molecular complexity index is 512. The molecule has 6 nitrogen and oxygen atoms in total. The number of nitrogens with one attached hydrogen (secondary N) is 1. The minimum Gasteiger partial charge on any atom is -0.480 e. The molecule has 6 heteroatoms. The fourth-order valence-corrected chi connectivity index (χ4v) is 1.96. The zero-order chi connectivity index (χ0) is 14.7. The second-order valence-corrected chi connectivity index (χ2v) is 5.13. The number of urea groups is 1. The van der Waals surface area contributed by atoms with Crippen LogP contribution in [0.5, 0.6) is 0 Å². The zero-order valence-corrected chi connectivity index (χ0v) is 11.7. The quantitative estimate of drug-likeness (QED) is 0.861. The predicted molar refractivity (Wildman–Crippen MR) is 77.2 cm³/mol. The third-order valence-electron chi connectivity index (χ3n) is 3.17. The van der Waals surface area contributed by atoms with Crippen LogP contribution in [0.2, 0.25) is 0 Å². The normalized spacial score (nSPS) is 13.7. The van der Waals surface area contributed by atoms with Gasteiger partial charge in [0.25, 0.3) is 0 Å². The molecule has 20 heavy (non-hydrogen) atoms. The van der Waals surface area contributed by atoms with Gasteiger partial charge < -0.3 is 20.2 Å². The molecule has 108 valence electrons. The van der Waals surface area contributed by atoms with Crippen molar-refractivity contribution < 1.29 is 14.7 Å². The van der Waals surface area contributed by atoms with Crippen molar-refractivity contribution in [3.63, 3.8) is 0 Å². The molecule has 1 aromatic carbocycles. The molecule has 2 N–H and O–H groups in total. The van der Waals surface area contributed by atoms with Crippen LogP contribution in [0.3, 0.4) is 0 Å². The van der Waals surface area contributed by atoms with Gasteiger partial charge in [-0.2, -0.15) is 0 Å². The first-order chi connectivity index (χ1) is 9.47. The van der Waals surface area contributed by atoms with E-state index in [9.17, 15) is 9.59 Å². The molecule has 1 aliphatic rings. The highest BCUT2D eigenvalue weighted by Gasteiger charge is 2.33. The number of aliphatic carboxylic acids is 1. The lowest BCUT2D eigenvalue weighted by Crippen LogP contribution is -2.40. The summed E-state index contributed by atoms with van der Waals surface area (Å²) in [7, 11) is 3.84. The summed E-state index contributed by atoms with van der Waals surface area (Å²) in [6.45, 7) is -0.260. The molecule has 0 spiro atoms. The molecule has 0 aromatic heterocycles. The SMILES string of the molecule is CN(C)c1cccc(NC(=O)N(CC(=O)O)C2CC2)c1. The summed E-state index contributed by atoms with van der Waals surface area (Å²) in [6, 6.07) is 7.13.